The predicted octanol–water partition coefficient (Wildman–Crippen LogP) is 4.38. The number of rotatable bonds is 4. The standard InChI is InChI=1S/C20H21N3OS/c1-14-6-4-7-15(12-14)21-19(24)13-23-11-5-9-17(23)20-22-16-8-2-3-10-18(16)25-20/h2-4,6-8,10,12,17H,5,9,11,13H2,1H3,(H,21,24). The Bertz CT molecular complexity index is 872. The summed E-state index contributed by atoms with van der Waals surface area (Å²) in [4.78, 5) is 19.5. The van der Waals surface area contributed by atoms with Crippen LogP contribution >= 0.6 is 11.3 Å². The number of nitrogens with zero attached hydrogens (tertiary/aromatic N) is 2. The molecule has 1 saturated heterocycles. The molecule has 0 aliphatic carbocycles. The van der Waals surface area contributed by atoms with Crippen molar-refractivity contribution in [2.45, 2.75) is 25.8 Å². The monoisotopic (exact) mass is 351 g/mol. The highest BCUT2D eigenvalue weighted by Crippen LogP contribution is 2.36. The molecule has 0 radical (unpaired) electrons. The maximum absolute atomic E-state index is 12.5. The van der Waals surface area contributed by atoms with Gasteiger partial charge in [0, 0.05) is 5.69 Å². The number of carbonyl (C=O) groups is 1. The van der Waals surface area contributed by atoms with E-state index >= 15 is 0 Å². The average Bonchev–Trinajstić information content (AvgIpc) is 3.20. The van der Waals surface area contributed by atoms with Crippen molar-refractivity contribution in [3.8, 4) is 0 Å². The molecule has 1 atom stereocenters. The Kier molecular flexibility index (Phi) is 4.51. The highest BCUT2D eigenvalue weighted by molar-refractivity contribution is 7.18. The molecule has 2 aromatic carbocycles. The van der Waals surface area contributed by atoms with E-state index in [1.54, 1.807) is 11.3 Å². The lowest BCUT2D eigenvalue weighted by molar-refractivity contribution is -0.117. The molecule has 1 N–H and O–H groups in total. The molecular formula is C20H21N3OS. The highest BCUT2D eigenvalue weighted by atomic mass is 32.1. The number of aromatic nitrogens is 1. The minimum absolute atomic E-state index is 0.0404. The molecule has 1 aromatic heterocycles. The molecule has 1 fully saturated rings. The van der Waals surface area contributed by atoms with Crippen LogP contribution in [0.1, 0.15) is 29.5 Å². The lowest BCUT2D eigenvalue weighted by Gasteiger charge is -2.22. The van der Waals surface area contributed by atoms with Crippen molar-refractivity contribution in [3.63, 3.8) is 0 Å². The molecule has 1 unspecified atom stereocenters. The van der Waals surface area contributed by atoms with Gasteiger partial charge in [-0.25, -0.2) is 4.98 Å². The van der Waals surface area contributed by atoms with Crippen LogP contribution in [-0.4, -0.2) is 28.9 Å². The van der Waals surface area contributed by atoms with Crippen molar-refractivity contribution in [3.05, 3.63) is 59.1 Å². The Morgan fingerprint density at radius 3 is 3.00 bits per heavy atom. The van der Waals surface area contributed by atoms with Gasteiger partial charge in [-0.15, -0.1) is 11.3 Å². The first-order valence-corrected chi connectivity index (χ1v) is 9.47. The Labute approximate surface area is 151 Å². The number of likely N-dealkylation sites (tertiary alicyclic amines) is 1. The summed E-state index contributed by atoms with van der Waals surface area (Å²) in [5, 5.41) is 4.14. The summed E-state index contributed by atoms with van der Waals surface area (Å²) in [6.07, 6.45) is 2.18. The summed E-state index contributed by atoms with van der Waals surface area (Å²) in [7, 11) is 0. The van der Waals surface area contributed by atoms with Crippen LogP contribution in [0, 0.1) is 6.92 Å². The van der Waals surface area contributed by atoms with Gasteiger partial charge in [0.1, 0.15) is 5.01 Å². The van der Waals surface area contributed by atoms with Crippen molar-refractivity contribution in [1.29, 1.82) is 0 Å². The number of fused-ring (bicyclic) bond motifs is 1. The summed E-state index contributed by atoms with van der Waals surface area (Å²) in [5.41, 5.74) is 3.06. The number of hydrogen-bond donors (Lipinski definition) is 1. The molecule has 128 valence electrons. The first kappa shape index (κ1) is 16.2. The van der Waals surface area contributed by atoms with Crippen LogP contribution in [0.5, 0.6) is 0 Å². The number of thiazole rings is 1. The van der Waals surface area contributed by atoms with Crippen LogP contribution in [0.3, 0.4) is 0 Å². The molecule has 2 heterocycles. The van der Waals surface area contributed by atoms with E-state index in [-0.39, 0.29) is 11.9 Å². The Morgan fingerprint density at radius 1 is 1.28 bits per heavy atom. The van der Waals surface area contributed by atoms with Gasteiger partial charge in [-0.3, -0.25) is 9.69 Å². The number of amides is 1. The zero-order chi connectivity index (χ0) is 17.2. The molecule has 0 saturated carbocycles. The maximum atomic E-state index is 12.5. The van der Waals surface area contributed by atoms with E-state index in [9.17, 15) is 4.79 Å². The van der Waals surface area contributed by atoms with Crippen LogP contribution in [-0.2, 0) is 4.79 Å². The van der Waals surface area contributed by atoms with Crippen molar-refractivity contribution in [2.75, 3.05) is 18.4 Å². The molecule has 1 amide bonds. The third kappa shape index (κ3) is 3.57. The topological polar surface area (TPSA) is 45.2 Å². The fourth-order valence-corrected chi connectivity index (χ4v) is 4.57. The van der Waals surface area contributed by atoms with E-state index in [4.69, 9.17) is 4.98 Å². The summed E-state index contributed by atoms with van der Waals surface area (Å²) in [5.74, 6) is 0.0404. The zero-order valence-electron chi connectivity index (χ0n) is 14.2. The van der Waals surface area contributed by atoms with Gasteiger partial charge in [-0.1, -0.05) is 24.3 Å². The second kappa shape index (κ2) is 6.94. The van der Waals surface area contributed by atoms with Gasteiger partial charge < -0.3 is 5.32 Å². The van der Waals surface area contributed by atoms with E-state index in [2.05, 4.69) is 22.3 Å². The summed E-state index contributed by atoms with van der Waals surface area (Å²) in [6, 6.07) is 16.4. The van der Waals surface area contributed by atoms with Crippen molar-refractivity contribution in [1.82, 2.24) is 9.88 Å². The first-order chi connectivity index (χ1) is 12.2. The van der Waals surface area contributed by atoms with Gasteiger partial charge in [-0.2, -0.15) is 0 Å². The van der Waals surface area contributed by atoms with Crippen LogP contribution < -0.4 is 5.32 Å². The fraction of sp³-hybridized carbons (Fsp3) is 0.300. The molecule has 0 bridgehead atoms. The van der Waals surface area contributed by atoms with E-state index < -0.39 is 0 Å². The normalized spacial score (nSPS) is 17.9. The summed E-state index contributed by atoms with van der Waals surface area (Å²) in [6.45, 7) is 3.38. The smallest absolute Gasteiger partial charge is 0.238 e. The fourth-order valence-electron chi connectivity index (χ4n) is 3.44. The van der Waals surface area contributed by atoms with Crippen molar-refractivity contribution in [2.24, 2.45) is 0 Å². The number of anilines is 1. The number of hydrogen-bond acceptors (Lipinski definition) is 4. The van der Waals surface area contributed by atoms with Crippen LogP contribution in [0.2, 0.25) is 0 Å². The minimum Gasteiger partial charge on any atom is -0.325 e. The second-order valence-electron chi connectivity index (χ2n) is 6.57. The maximum Gasteiger partial charge on any atom is 0.238 e. The molecule has 1 aliphatic heterocycles. The van der Waals surface area contributed by atoms with E-state index in [1.165, 1.54) is 4.70 Å². The molecule has 3 aromatic rings. The van der Waals surface area contributed by atoms with Gasteiger partial charge in [0.25, 0.3) is 0 Å². The van der Waals surface area contributed by atoms with Gasteiger partial charge in [0.05, 0.1) is 22.8 Å². The van der Waals surface area contributed by atoms with Crippen molar-refractivity contribution < 1.29 is 4.79 Å². The highest BCUT2D eigenvalue weighted by Gasteiger charge is 2.30. The molecule has 4 nitrogen and oxygen atoms in total. The number of aryl methyl sites for hydroxylation is 1. The van der Waals surface area contributed by atoms with Crippen molar-refractivity contribution >= 4 is 33.1 Å². The lowest BCUT2D eigenvalue weighted by Crippen LogP contribution is -2.32. The molecule has 1 aliphatic rings. The first-order valence-electron chi connectivity index (χ1n) is 8.65. The van der Waals surface area contributed by atoms with E-state index in [0.29, 0.717) is 6.54 Å². The summed E-state index contributed by atoms with van der Waals surface area (Å²) >= 11 is 1.75. The molecule has 4 rings (SSSR count). The largest absolute Gasteiger partial charge is 0.325 e. The number of nitrogens with one attached hydrogen (secondary N) is 1. The lowest BCUT2D eigenvalue weighted by atomic mass is 10.2. The molecule has 0 spiro atoms. The predicted molar refractivity (Wildman–Crippen MR) is 103 cm³/mol. The molecule has 5 heteroatoms. The number of para-hydroxylation sites is 1. The SMILES string of the molecule is Cc1cccc(NC(=O)CN2CCCC2c2nc3ccccc3s2)c1. The number of carbonyl (C=O) groups excluding carboxylic acids is 1. The Morgan fingerprint density at radius 2 is 2.16 bits per heavy atom. The zero-order valence-corrected chi connectivity index (χ0v) is 15.1. The molecular weight excluding hydrogens is 330 g/mol. The number of benzene rings is 2. The third-order valence-electron chi connectivity index (χ3n) is 4.61. The second-order valence-corrected chi connectivity index (χ2v) is 7.63. The summed E-state index contributed by atoms with van der Waals surface area (Å²) < 4.78 is 1.22. The van der Waals surface area contributed by atoms with Gasteiger partial charge in [0.2, 0.25) is 5.91 Å². The van der Waals surface area contributed by atoms with E-state index in [0.717, 1.165) is 41.2 Å². The third-order valence-corrected chi connectivity index (χ3v) is 5.75. The quantitative estimate of drug-likeness (QED) is 0.759. The molecule has 25 heavy (non-hydrogen) atoms. The Hall–Kier alpha value is -2.24. The van der Waals surface area contributed by atoms with Crippen LogP contribution in [0.15, 0.2) is 48.5 Å². The van der Waals surface area contributed by atoms with Gasteiger partial charge >= 0.3 is 0 Å². The Balaban J connectivity index is 1.46. The van der Waals surface area contributed by atoms with Crippen LogP contribution in [0.4, 0.5) is 5.69 Å². The van der Waals surface area contributed by atoms with E-state index in [1.807, 2.05) is 43.3 Å². The minimum atomic E-state index is 0.0404. The van der Waals surface area contributed by atoms with Gasteiger partial charge in [-0.05, 0) is 56.1 Å². The van der Waals surface area contributed by atoms with Crippen LogP contribution in [0.25, 0.3) is 10.2 Å². The van der Waals surface area contributed by atoms with Gasteiger partial charge in [0.15, 0.2) is 0 Å². The average molecular weight is 351 g/mol.